The van der Waals surface area contributed by atoms with Crippen molar-refractivity contribution in [2.75, 3.05) is 27.9 Å². The van der Waals surface area contributed by atoms with Gasteiger partial charge in [-0.15, -0.1) is 0 Å². The minimum Gasteiger partial charge on any atom is -0.497 e. The van der Waals surface area contributed by atoms with Crippen LogP contribution in [0.2, 0.25) is 0 Å². The number of hydrogen-bond acceptors (Lipinski definition) is 6. The third kappa shape index (κ3) is 6.22. The first-order valence-electron chi connectivity index (χ1n) is 8.32. The van der Waals surface area contributed by atoms with Gasteiger partial charge in [-0.1, -0.05) is 18.2 Å². The molecule has 0 unspecified atom stereocenters. The van der Waals surface area contributed by atoms with Crippen LogP contribution in [0.1, 0.15) is 11.1 Å². The Labute approximate surface area is 158 Å². The number of nitrogens with one attached hydrogen (secondary N) is 1. The number of rotatable bonds is 9. The van der Waals surface area contributed by atoms with Gasteiger partial charge in [-0.3, -0.25) is 9.59 Å². The Balaban J connectivity index is 1.78. The van der Waals surface area contributed by atoms with Crippen molar-refractivity contribution in [3.8, 4) is 17.2 Å². The van der Waals surface area contributed by atoms with Crippen LogP contribution in [0.15, 0.2) is 42.5 Å². The fourth-order valence-electron chi connectivity index (χ4n) is 2.39. The van der Waals surface area contributed by atoms with Gasteiger partial charge in [0.25, 0.3) is 5.91 Å². The summed E-state index contributed by atoms with van der Waals surface area (Å²) in [5.41, 5.74) is 1.59. The fraction of sp³-hybridized carbons (Fsp3) is 0.300. The molecule has 0 fully saturated rings. The molecule has 0 aliphatic rings. The highest BCUT2D eigenvalue weighted by Gasteiger charge is 2.11. The standard InChI is InChI=1S/C20H23NO6/c1-24-16-6-4-5-15(9-16)12-21-19(22)13-27-20(23)11-14-7-8-17(25-2)18(10-14)26-3/h4-10H,11-13H2,1-3H3,(H,21,22). The molecule has 0 aliphatic carbocycles. The Kier molecular flexibility index (Phi) is 7.49. The Morgan fingerprint density at radius 3 is 2.37 bits per heavy atom. The molecular weight excluding hydrogens is 350 g/mol. The monoisotopic (exact) mass is 373 g/mol. The molecule has 1 amide bonds. The van der Waals surface area contributed by atoms with E-state index in [-0.39, 0.29) is 18.9 Å². The van der Waals surface area contributed by atoms with Crippen molar-refractivity contribution in [2.45, 2.75) is 13.0 Å². The lowest BCUT2D eigenvalue weighted by Crippen LogP contribution is -2.28. The molecule has 2 aromatic carbocycles. The van der Waals surface area contributed by atoms with Crippen LogP contribution in [0.5, 0.6) is 17.2 Å². The molecule has 0 atom stereocenters. The first-order chi connectivity index (χ1) is 13.0. The zero-order valence-corrected chi connectivity index (χ0v) is 15.6. The second-order valence-electron chi connectivity index (χ2n) is 5.66. The topological polar surface area (TPSA) is 83.1 Å². The molecule has 0 radical (unpaired) electrons. The van der Waals surface area contributed by atoms with E-state index < -0.39 is 5.97 Å². The van der Waals surface area contributed by atoms with Gasteiger partial charge in [-0.25, -0.2) is 0 Å². The van der Waals surface area contributed by atoms with Crippen molar-refractivity contribution in [3.05, 3.63) is 53.6 Å². The highest BCUT2D eigenvalue weighted by Crippen LogP contribution is 2.27. The van der Waals surface area contributed by atoms with Gasteiger partial charge in [0.2, 0.25) is 0 Å². The predicted molar refractivity (Wildman–Crippen MR) is 99.0 cm³/mol. The van der Waals surface area contributed by atoms with E-state index in [9.17, 15) is 9.59 Å². The average molecular weight is 373 g/mol. The van der Waals surface area contributed by atoms with Crippen molar-refractivity contribution in [3.63, 3.8) is 0 Å². The van der Waals surface area contributed by atoms with E-state index >= 15 is 0 Å². The van der Waals surface area contributed by atoms with Crippen LogP contribution < -0.4 is 19.5 Å². The van der Waals surface area contributed by atoms with Gasteiger partial charge in [-0.05, 0) is 35.4 Å². The summed E-state index contributed by atoms with van der Waals surface area (Å²) in [6, 6.07) is 12.5. The lowest BCUT2D eigenvalue weighted by molar-refractivity contribution is -0.147. The van der Waals surface area contributed by atoms with E-state index in [2.05, 4.69) is 5.32 Å². The maximum Gasteiger partial charge on any atom is 0.310 e. The molecule has 2 aromatic rings. The van der Waals surface area contributed by atoms with Crippen molar-refractivity contribution < 1.29 is 28.5 Å². The van der Waals surface area contributed by atoms with Gasteiger partial charge in [0.1, 0.15) is 5.75 Å². The fourth-order valence-corrected chi connectivity index (χ4v) is 2.39. The zero-order valence-electron chi connectivity index (χ0n) is 15.6. The number of methoxy groups -OCH3 is 3. The highest BCUT2D eigenvalue weighted by atomic mass is 16.5. The number of carbonyl (C=O) groups is 2. The number of carbonyl (C=O) groups excluding carboxylic acids is 2. The Bertz CT molecular complexity index is 790. The lowest BCUT2D eigenvalue weighted by atomic mass is 10.1. The van der Waals surface area contributed by atoms with Crippen molar-refractivity contribution in [1.82, 2.24) is 5.32 Å². The van der Waals surface area contributed by atoms with E-state index in [1.807, 2.05) is 24.3 Å². The molecule has 0 heterocycles. The number of ether oxygens (including phenoxy) is 4. The molecule has 0 aliphatic heterocycles. The SMILES string of the molecule is COc1cccc(CNC(=O)COC(=O)Cc2ccc(OC)c(OC)c2)c1. The van der Waals surface area contributed by atoms with Gasteiger partial charge < -0.3 is 24.3 Å². The van der Waals surface area contributed by atoms with Crippen LogP contribution in [0.4, 0.5) is 0 Å². The normalized spacial score (nSPS) is 10.0. The minimum absolute atomic E-state index is 0.0313. The Hall–Kier alpha value is -3.22. The van der Waals surface area contributed by atoms with E-state index in [0.717, 1.165) is 5.56 Å². The van der Waals surface area contributed by atoms with Crippen LogP contribution in [0, 0.1) is 0 Å². The summed E-state index contributed by atoms with van der Waals surface area (Å²) < 4.78 is 20.5. The molecule has 0 saturated carbocycles. The molecule has 0 spiro atoms. The van der Waals surface area contributed by atoms with Crippen LogP contribution in [0.3, 0.4) is 0 Å². The smallest absolute Gasteiger partial charge is 0.310 e. The third-order valence-electron chi connectivity index (χ3n) is 3.78. The minimum atomic E-state index is -0.501. The van der Waals surface area contributed by atoms with E-state index in [1.165, 1.54) is 14.2 Å². The molecule has 1 N–H and O–H groups in total. The Morgan fingerprint density at radius 2 is 1.67 bits per heavy atom. The van der Waals surface area contributed by atoms with Crippen molar-refractivity contribution >= 4 is 11.9 Å². The number of amides is 1. The summed E-state index contributed by atoms with van der Waals surface area (Å²) in [6.45, 7) is -0.0145. The molecule has 0 bridgehead atoms. The predicted octanol–water partition coefficient (Wildman–Crippen LogP) is 2.11. The lowest BCUT2D eigenvalue weighted by Gasteiger charge is -2.10. The summed E-state index contributed by atoms with van der Waals surface area (Å²) in [7, 11) is 4.64. The van der Waals surface area contributed by atoms with E-state index in [0.29, 0.717) is 29.4 Å². The quantitative estimate of drug-likeness (QED) is 0.678. The summed E-state index contributed by atoms with van der Waals surface area (Å²) in [5.74, 6) is 0.936. The average Bonchev–Trinajstić information content (AvgIpc) is 2.70. The molecule has 7 heteroatoms. The molecule has 0 aromatic heterocycles. The first kappa shape index (κ1) is 20.1. The molecule has 7 nitrogen and oxygen atoms in total. The maximum absolute atomic E-state index is 11.9. The second kappa shape index (κ2) is 10.1. The van der Waals surface area contributed by atoms with Gasteiger partial charge in [0, 0.05) is 6.54 Å². The van der Waals surface area contributed by atoms with E-state index in [4.69, 9.17) is 18.9 Å². The van der Waals surface area contributed by atoms with Crippen molar-refractivity contribution in [2.24, 2.45) is 0 Å². The summed E-state index contributed by atoms with van der Waals surface area (Å²) in [6.07, 6.45) is 0.0313. The summed E-state index contributed by atoms with van der Waals surface area (Å²) in [5, 5.41) is 2.69. The van der Waals surface area contributed by atoms with Crippen LogP contribution in [0.25, 0.3) is 0 Å². The third-order valence-corrected chi connectivity index (χ3v) is 3.78. The van der Waals surface area contributed by atoms with Crippen LogP contribution in [-0.2, 0) is 27.3 Å². The Morgan fingerprint density at radius 1 is 0.889 bits per heavy atom. The van der Waals surface area contributed by atoms with Gasteiger partial charge in [0.05, 0.1) is 27.8 Å². The highest BCUT2D eigenvalue weighted by molar-refractivity contribution is 5.81. The largest absolute Gasteiger partial charge is 0.497 e. The first-order valence-corrected chi connectivity index (χ1v) is 8.32. The molecular formula is C20H23NO6. The second-order valence-corrected chi connectivity index (χ2v) is 5.66. The van der Waals surface area contributed by atoms with Crippen molar-refractivity contribution in [1.29, 1.82) is 0 Å². The van der Waals surface area contributed by atoms with E-state index in [1.54, 1.807) is 25.3 Å². The molecule has 144 valence electrons. The van der Waals surface area contributed by atoms with Gasteiger partial charge in [0.15, 0.2) is 18.1 Å². The summed E-state index contributed by atoms with van der Waals surface area (Å²) in [4.78, 5) is 23.8. The summed E-state index contributed by atoms with van der Waals surface area (Å²) >= 11 is 0. The van der Waals surface area contributed by atoms with Gasteiger partial charge in [-0.2, -0.15) is 0 Å². The number of esters is 1. The number of hydrogen-bond donors (Lipinski definition) is 1. The van der Waals surface area contributed by atoms with Gasteiger partial charge >= 0.3 is 5.97 Å². The molecule has 0 saturated heterocycles. The zero-order chi connectivity index (χ0) is 19.6. The molecule has 2 rings (SSSR count). The van der Waals surface area contributed by atoms with Crippen LogP contribution >= 0.6 is 0 Å². The maximum atomic E-state index is 11.9. The van der Waals surface area contributed by atoms with Crippen LogP contribution in [-0.4, -0.2) is 39.8 Å². The number of benzene rings is 2. The molecule has 27 heavy (non-hydrogen) atoms.